The smallest absolute Gasteiger partial charge is 0.246 e. The number of hydrogen-bond donors (Lipinski definition) is 2. The Balaban J connectivity index is 1.78. The Kier molecular flexibility index (Phi) is 5.26. The third-order valence-electron chi connectivity index (χ3n) is 3.34. The summed E-state index contributed by atoms with van der Waals surface area (Å²) in [5.41, 5.74) is 0.808. The summed E-state index contributed by atoms with van der Waals surface area (Å²) in [5, 5.41) is 19.7. The molecular weight excluding hydrogens is 380 g/mol. The van der Waals surface area contributed by atoms with Crippen LogP contribution in [0.3, 0.4) is 0 Å². The number of amides is 1. The van der Waals surface area contributed by atoms with Crippen LogP contribution in [0.2, 0.25) is 5.02 Å². The molecule has 0 saturated heterocycles. The van der Waals surface area contributed by atoms with Crippen LogP contribution in [0.15, 0.2) is 24.3 Å². The molecule has 0 aliphatic carbocycles. The number of aromatic nitrogens is 5. The van der Waals surface area contributed by atoms with Crippen LogP contribution < -0.4 is 5.32 Å². The average Bonchev–Trinajstić information content (AvgIpc) is 3.16. The van der Waals surface area contributed by atoms with Crippen LogP contribution in [0.1, 0.15) is 24.8 Å². The lowest BCUT2D eigenvalue weighted by atomic mass is 10.2. The topological polar surface area (TPSA) is 88.5 Å². The molecule has 0 saturated carbocycles. The largest absolute Gasteiger partial charge is 0.299 e. The lowest BCUT2D eigenvalue weighted by molar-refractivity contribution is -0.116. The normalized spacial score (nSPS) is 11.0. The van der Waals surface area contributed by atoms with E-state index in [2.05, 4.69) is 25.7 Å². The van der Waals surface area contributed by atoms with E-state index in [1.54, 1.807) is 16.7 Å². The Labute approximate surface area is 158 Å². The van der Waals surface area contributed by atoms with Gasteiger partial charge in [0.05, 0.1) is 0 Å². The van der Waals surface area contributed by atoms with Crippen molar-refractivity contribution in [2.75, 3.05) is 5.32 Å². The van der Waals surface area contributed by atoms with Crippen molar-refractivity contribution < 1.29 is 4.79 Å². The van der Waals surface area contributed by atoms with E-state index < -0.39 is 0 Å². The average molecular weight is 395 g/mol. The van der Waals surface area contributed by atoms with Crippen molar-refractivity contribution in [3.05, 3.63) is 39.1 Å². The molecule has 130 valence electrons. The van der Waals surface area contributed by atoms with Gasteiger partial charge in [0.25, 0.3) is 0 Å². The Bertz CT molecular complexity index is 944. The van der Waals surface area contributed by atoms with Gasteiger partial charge in [-0.2, -0.15) is 5.10 Å². The summed E-state index contributed by atoms with van der Waals surface area (Å²) in [6, 6.07) is 7.16. The Morgan fingerprint density at radius 1 is 1.36 bits per heavy atom. The van der Waals surface area contributed by atoms with Crippen LogP contribution in [-0.4, -0.2) is 30.9 Å². The number of aromatic amines is 1. The lowest BCUT2D eigenvalue weighted by Crippen LogP contribution is -2.19. The number of H-pyrrole nitrogens is 1. The van der Waals surface area contributed by atoms with Crippen molar-refractivity contribution in [2.24, 2.45) is 0 Å². The molecule has 25 heavy (non-hydrogen) atoms. The van der Waals surface area contributed by atoms with Gasteiger partial charge >= 0.3 is 0 Å². The maximum absolute atomic E-state index is 12.3. The highest BCUT2D eigenvalue weighted by Gasteiger charge is 2.15. The number of carbonyl (C=O) groups excluding carboxylic acids is 1. The minimum Gasteiger partial charge on any atom is -0.299 e. The second kappa shape index (κ2) is 7.42. The van der Waals surface area contributed by atoms with Gasteiger partial charge in [-0.15, -0.1) is 10.2 Å². The quantitative estimate of drug-likeness (QED) is 0.641. The van der Waals surface area contributed by atoms with Gasteiger partial charge in [0.15, 0.2) is 10.6 Å². The van der Waals surface area contributed by atoms with E-state index in [4.69, 9.17) is 23.8 Å². The molecule has 3 rings (SSSR count). The molecule has 1 aromatic carbocycles. The predicted molar refractivity (Wildman–Crippen MR) is 100 cm³/mol. The van der Waals surface area contributed by atoms with Crippen molar-refractivity contribution in [3.8, 4) is 11.4 Å². The molecule has 0 spiro atoms. The minimum absolute atomic E-state index is 0.0177. The molecule has 0 fully saturated rings. The first-order valence-corrected chi connectivity index (χ1v) is 9.08. The highest BCUT2D eigenvalue weighted by Crippen LogP contribution is 2.23. The molecule has 2 N–H and O–H groups in total. The SMILES string of the molecule is CC(C)c1nnc(NC(=O)Cn2c(-c3ccc(Cl)cc3)n[nH]c2=S)s1. The number of nitrogens with one attached hydrogen (secondary N) is 2. The summed E-state index contributed by atoms with van der Waals surface area (Å²) in [6.45, 7) is 4.06. The van der Waals surface area contributed by atoms with Gasteiger partial charge in [-0.1, -0.05) is 36.8 Å². The Hall–Kier alpha value is -2.10. The third-order valence-corrected chi connectivity index (χ3v) is 5.05. The molecule has 0 aliphatic rings. The van der Waals surface area contributed by atoms with Gasteiger partial charge in [0.2, 0.25) is 11.0 Å². The zero-order chi connectivity index (χ0) is 18.0. The fourth-order valence-corrected chi connectivity index (χ4v) is 3.19. The van der Waals surface area contributed by atoms with Crippen LogP contribution in [-0.2, 0) is 11.3 Å². The molecule has 0 aliphatic heterocycles. The molecule has 10 heteroatoms. The van der Waals surface area contributed by atoms with Crippen LogP contribution >= 0.6 is 35.2 Å². The molecule has 7 nitrogen and oxygen atoms in total. The summed E-state index contributed by atoms with van der Waals surface area (Å²) < 4.78 is 1.98. The Morgan fingerprint density at radius 2 is 2.08 bits per heavy atom. The molecule has 2 aromatic heterocycles. The number of rotatable bonds is 5. The second-order valence-electron chi connectivity index (χ2n) is 5.59. The van der Waals surface area contributed by atoms with Gasteiger partial charge in [-0.25, -0.2) is 0 Å². The molecule has 2 heterocycles. The zero-order valence-electron chi connectivity index (χ0n) is 13.5. The maximum atomic E-state index is 12.3. The minimum atomic E-state index is -0.251. The first kappa shape index (κ1) is 17.7. The summed E-state index contributed by atoms with van der Waals surface area (Å²) in [7, 11) is 0. The van der Waals surface area contributed by atoms with E-state index in [-0.39, 0.29) is 18.4 Å². The first-order chi connectivity index (χ1) is 11.9. The van der Waals surface area contributed by atoms with Crippen molar-refractivity contribution in [1.29, 1.82) is 0 Å². The van der Waals surface area contributed by atoms with E-state index in [9.17, 15) is 4.79 Å². The van der Waals surface area contributed by atoms with Crippen molar-refractivity contribution in [3.63, 3.8) is 0 Å². The number of nitrogens with zero attached hydrogens (tertiary/aromatic N) is 4. The van der Waals surface area contributed by atoms with Gasteiger partial charge < -0.3 is 0 Å². The highest BCUT2D eigenvalue weighted by atomic mass is 35.5. The Morgan fingerprint density at radius 3 is 2.72 bits per heavy atom. The summed E-state index contributed by atoms with van der Waals surface area (Å²) in [5.74, 6) is 0.582. The molecule has 0 unspecified atom stereocenters. The highest BCUT2D eigenvalue weighted by molar-refractivity contribution is 7.71. The van der Waals surface area contributed by atoms with E-state index in [1.165, 1.54) is 11.3 Å². The first-order valence-electron chi connectivity index (χ1n) is 7.48. The molecule has 0 radical (unpaired) electrons. The summed E-state index contributed by atoms with van der Waals surface area (Å²) >= 11 is 12.5. The van der Waals surface area contributed by atoms with Crippen molar-refractivity contribution in [2.45, 2.75) is 26.3 Å². The number of carbonyl (C=O) groups is 1. The zero-order valence-corrected chi connectivity index (χ0v) is 15.9. The van der Waals surface area contributed by atoms with E-state index in [0.717, 1.165) is 10.6 Å². The molecular formula is C15H15ClN6OS2. The van der Waals surface area contributed by atoms with Gasteiger partial charge in [-0.3, -0.25) is 19.8 Å². The number of benzene rings is 1. The molecule has 3 aromatic rings. The lowest BCUT2D eigenvalue weighted by Gasteiger charge is -2.06. The maximum Gasteiger partial charge on any atom is 0.246 e. The third kappa shape index (κ3) is 4.12. The number of anilines is 1. The van der Waals surface area contributed by atoms with Crippen molar-refractivity contribution in [1.82, 2.24) is 25.0 Å². The standard InChI is InChI=1S/C15H15ClN6OS2/c1-8(2)13-19-20-14(25-13)17-11(23)7-22-12(18-21-15(22)24)9-3-5-10(16)6-4-9/h3-6,8H,7H2,1-2H3,(H,21,24)(H,17,20,23). The van der Waals surface area contributed by atoms with Crippen LogP contribution in [0, 0.1) is 4.77 Å². The van der Waals surface area contributed by atoms with E-state index in [1.807, 2.05) is 26.0 Å². The van der Waals surface area contributed by atoms with Crippen LogP contribution in [0.4, 0.5) is 5.13 Å². The second-order valence-corrected chi connectivity index (χ2v) is 7.43. The van der Waals surface area contributed by atoms with Gasteiger partial charge in [0.1, 0.15) is 11.6 Å². The van der Waals surface area contributed by atoms with Gasteiger partial charge in [0, 0.05) is 16.5 Å². The molecule has 0 atom stereocenters. The monoisotopic (exact) mass is 394 g/mol. The van der Waals surface area contributed by atoms with Crippen LogP contribution in [0.5, 0.6) is 0 Å². The number of halogens is 1. The fraction of sp³-hybridized carbons (Fsp3) is 0.267. The number of hydrogen-bond acceptors (Lipinski definition) is 6. The summed E-state index contributed by atoms with van der Waals surface area (Å²) in [4.78, 5) is 12.3. The predicted octanol–water partition coefficient (Wildman–Crippen LogP) is 3.87. The fourth-order valence-electron chi connectivity index (χ4n) is 2.10. The van der Waals surface area contributed by atoms with Crippen molar-refractivity contribution >= 4 is 46.2 Å². The molecule has 0 bridgehead atoms. The van der Waals surface area contributed by atoms with Gasteiger partial charge in [-0.05, 0) is 36.5 Å². The van der Waals surface area contributed by atoms with E-state index >= 15 is 0 Å². The van der Waals surface area contributed by atoms with E-state index in [0.29, 0.717) is 20.7 Å². The summed E-state index contributed by atoms with van der Waals surface area (Å²) in [6.07, 6.45) is 0. The van der Waals surface area contributed by atoms with Crippen LogP contribution in [0.25, 0.3) is 11.4 Å². The molecule has 1 amide bonds.